The van der Waals surface area contributed by atoms with E-state index in [-0.39, 0.29) is 17.9 Å². The molecule has 4 atom stereocenters. The highest BCUT2D eigenvalue weighted by Gasteiger charge is 2.51. The fraction of sp³-hybridized carbons (Fsp3) is 0.400. The van der Waals surface area contributed by atoms with Crippen molar-refractivity contribution in [3.8, 4) is 0 Å². The second-order valence-corrected chi connectivity index (χ2v) is 9.36. The zero-order valence-corrected chi connectivity index (χ0v) is 19.5. The van der Waals surface area contributed by atoms with E-state index < -0.39 is 23.6 Å². The van der Waals surface area contributed by atoms with E-state index in [0.29, 0.717) is 36.5 Å². The number of rotatable bonds is 8. The van der Waals surface area contributed by atoms with Crippen LogP contribution in [0.15, 0.2) is 54.6 Å². The van der Waals surface area contributed by atoms with Gasteiger partial charge in [0.1, 0.15) is 17.6 Å². The van der Waals surface area contributed by atoms with Gasteiger partial charge in [-0.3, -0.25) is 19.3 Å². The fourth-order valence-corrected chi connectivity index (χ4v) is 5.35. The van der Waals surface area contributed by atoms with Crippen LogP contribution in [0.5, 0.6) is 0 Å². The molecule has 0 spiro atoms. The Hall–Kier alpha value is -2.68. The van der Waals surface area contributed by atoms with Gasteiger partial charge in [-0.15, -0.1) is 11.8 Å². The number of imide groups is 1. The van der Waals surface area contributed by atoms with Crippen molar-refractivity contribution in [2.24, 2.45) is 0 Å². The number of nitrogens with zero attached hydrogens (tertiary/aromatic N) is 1. The molecule has 1 saturated heterocycles. The first kappa shape index (κ1) is 23.5. The first-order valence-corrected chi connectivity index (χ1v) is 12.1. The van der Waals surface area contributed by atoms with Crippen LogP contribution < -0.4 is 0 Å². The Morgan fingerprint density at radius 3 is 2.30 bits per heavy atom. The molecule has 0 bridgehead atoms. The number of ether oxygens (including phenoxy) is 3. The van der Waals surface area contributed by atoms with Crippen molar-refractivity contribution in [3.63, 3.8) is 0 Å². The predicted octanol–water partition coefficient (Wildman–Crippen LogP) is 3.67. The van der Waals surface area contributed by atoms with Crippen LogP contribution in [0.2, 0.25) is 0 Å². The molecule has 8 heteroatoms. The average molecular weight is 470 g/mol. The number of fused-ring (bicyclic) bond motifs is 1. The topological polar surface area (TPSA) is 82.1 Å². The van der Waals surface area contributed by atoms with E-state index in [1.54, 1.807) is 24.3 Å². The van der Waals surface area contributed by atoms with Crippen molar-refractivity contribution in [1.29, 1.82) is 0 Å². The summed E-state index contributed by atoms with van der Waals surface area (Å²) in [5.74, 6) is -0.536. The van der Waals surface area contributed by atoms with Gasteiger partial charge in [0.25, 0.3) is 11.8 Å². The molecule has 0 unspecified atom stereocenters. The van der Waals surface area contributed by atoms with Gasteiger partial charge in [0.2, 0.25) is 0 Å². The molecule has 2 aliphatic rings. The number of carbonyl (C=O) groups excluding carboxylic acids is 3. The summed E-state index contributed by atoms with van der Waals surface area (Å²) < 4.78 is 17.8. The molecule has 2 aliphatic heterocycles. The van der Waals surface area contributed by atoms with E-state index in [1.807, 2.05) is 37.3 Å². The third kappa shape index (κ3) is 5.13. The summed E-state index contributed by atoms with van der Waals surface area (Å²) in [5, 5.41) is 0. The average Bonchev–Trinajstić information content (AvgIpc) is 3.05. The SMILES string of the molecule is CCS[C@@H]1O[C@H](COCc2ccccc2)C[C@H](OC(C)=O)[C@H]1N1C(=O)c2ccccc2C1=O. The van der Waals surface area contributed by atoms with Gasteiger partial charge < -0.3 is 14.2 Å². The summed E-state index contributed by atoms with van der Waals surface area (Å²) in [5.41, 5.74) is 1.23. The molecule has 0 N–H and O–H groups in total. The van der Waals surface area contributed by atoms with Crippen LogP contribution in [0.25, 0.3) is 0 Å². The van der Waals surface area contributed by atoms with Crippen LogP contribution in [0, 0.1) is 0 Å². The van der Waals surface area contributed by atoms with Crippen molar-refractivity contribution in [2.75, 3.05) is 12.4 Å². The minimum atomic E-state index is -0.725. The normalized spacial score (nSPS) is 24.6. The van der Waals surface area contributed by atoms with E-state index >= 15 is 0 Å². The van der Waals surface area contributed by atoms with Crippen LogP contribution in [0.1, 0.15) is 46.5 Å². The van der Waals surface area contributed by atoms with Crippen LogP contribution in [-0.4, -0.2) is 58.7 Å². The molecule has 4 rings (SSSR count). The highest BCUT2D eigenvalue weighted by Crippen LogP contribution is 2.37. The molecule has 33 heavy (non-hydrogen) atoms. The molecule has 174 valence electrons. The molecule has 0 aliphatic carbocycles. The lowest BCUT2D eigenvalue weighted by molar-refractivity contribution is -0.167. The summed E-state index contributed by atoms with van der Waals surface area (Å²) >= 11 is 1.48. The summed E-state index contributed by atoms with van der Waals surface area (Å²) in [7, 11) is 0. The highest BCUT2D eigenvalue weighted by molar-refractivity contribution is 7.99. The standard InChI is InChI=1S/C25H27NO6S/c1-3-33-25-22(26-23(28)19-11-7-8-12-20(19)24(26)29)21(31-16(2)27)13-18(32-25)15-30-14-17-9-5-4-6-10-17/h4-12,18,21-22,25H,3,13-15H2,1-2H3/t18-,21-,22+,25-/m0/s1. The van der Waals surface area contributed by atoms with E-state index in [1.165, 1.54) is 23.6 Å². The van der Waals surface area contributed by atoms with Crippen LogP contribution in [-0.2, 0) is 25.6 Å². The second-order valence-electron chi connectivity index (χ2n) is 7.98. The maximum atomic E-state index is 13.2. The van der Waals surface area contributed by atoms with E-state index in [0.717, 1.165) is 5.56 Å². The van der Waals surface area contributed by atoms with Crippen molar-refractivity contribution < 1.29 is 28.6 Å². The van der Waals surface area contributed by atoms with Crippen molar-refractivity contribution in [3.05, 3.63) is 71.3 Å². The Morgan fingerprint density at radius 1 is 1.06 bits per heavy atom. The van der Waals surface area contributed by atoms with Gasteiger partial charge in [0.15, 0.2) is 0 Å². The molecular weight excluding hydrogens is 442 g/mol. The van der Waals surface area contributed by atoms with Gasteiger partial charge in [-0.1, -0.05) is 49.4 Å². The quantitative estimate of drug-likeness (QED) is 0.431. The lowest BCUT2D eigenvalue weighted by Crippen LogP contribution is -2.59. The molecule has 2 aromatic rings. The number of carbonyl (C=O) groups is 3. The third-order valence-electron chi connectivity index (χ3n) is 5.67. The minimum Gasteiger partial charge on any atom is -0.460 e. The van der Waals surface area contributed by atoms with Gasteiger partial charge in [-0.2, -0.15) is 0 Å². The number of amides is 2. The first-order chi connectivity index (χ1) is 16.0. The minimum absolute atomic E-state index is 0.308. The van der Waals surface area contributed by atoms with Gasteiger partial charge in [0.05, 0.1) is 30.4 Å². The molecular formula is C25H27NO6S. The van der Waals surface area contributed by atoms with Crippen LogP contribution in [0.4, 0.5) is 0 Å². The lowest BCUT2D eigenvalue weighted by Gasteiger charge is -2.43. The molecule has 2 amide bonds. The molecule has 0 radical (unpaired) electrons. The maximum absolute atomic E-state index is 13.2. The first-order valence-electron chi connectivity index (χ1n) is 11.0. The number of thioether (sulfide) groups is 1. The van der Waals surface area contributed by atoms with Gasteiger partial charge in [-0.25, -0.2) is 0 Å². The second kappa shape index (κ2) is 10.5. The Balaban J connectivity index is 1.54. The Kier molecular flexibility index (Phi) is 7.47. The maximum Gasteiger partial charge on any atom is 0.302 e. The largest absolute Gasteiger partial charge is 0.460 e. The number of esters is 1. The van der Waals surface area contributed by atoms with E-state index in [9.17, 15) is 14.4 Å². The molecule has 1 fully saturated rings. The van der Waals surface area contributed by atoms with Crippen molar-refractivity contribution in [1.82, 2.24) is 4.90 Å². The lowest BCUT2D eigenvalue weighted by atomic mass is 9.99. The highest BCUT2D eigenvalue weighted by atomic mass is 32.2. The fourth-order valence-electron chi connectivity index (χ4n) is 4.29. The van der Waals surface area contributed by atoms with Crippen molar-refractivity contribution >= 4 is 29.5 Å². The molecule has 0 saturated carbocycles. The summed E-state index contributed by atoms with van der Waals surface area (Å²) in [6.45, 7) is 4.05. The monoisotopic (exact) mass is 469 g/mol. The molecule has 0 aromatic heterocycles. The summed E-state index contributed by atoms with van der Waals surface area (Å²) in [6.07, 6.45) is -0.700. The zero-order valence-electron chi connectivity index (χ0n) is 18.6. The van der Waals surface area contributed by atoms with Crippen LogP contribution in [0.3, 0.4) is 0 Å². The summed E-state index contributed by atoms with van der Waals surface area (Å²) in [4.78, 5) is 39.5. The van der Waals surface area contributed by atoms with Crippen molar-refractivity contribution in [2.45, 2.75) is 50.6 Å². The smallest absolute Gasteiger partial charge is 0.302 e. The molecule has 2 heterocycles. The van der Waals surface area contributed by atoms with Gasteiger partial charge in [-0.05, 0) is 23.4 Å². The van der Waals surface area contributed by atoms with Gasteiger partial charge >= 0.3 is 5.97 Å². The number of hydrogen-bond acceptors (Lipinski definition) is 7. The zero-order chi connectivity index (χ0) is 23.4. The molecule has 7 nitrogen and oxygen atoms in total. The number of benzene rings is 2. The summed E-state index contributed by atoms with van der Waals surface area (Å²) in [6, 6.07) is 15.8. The third-order valence-corrected chi connectivity index (χ3v) is 6.72. The Bertz CT molecular complexity index is 978. The molecule has 2 aromatic carbocycles. The predicted molar refractivity (Wildman–Crippen MR) is 124 cm³/mol. The Morgan fingerprint density at radius 2 is 1.70 bits per heavy atom. The Labute approximate surface area is 197 Å². The van der Waals surface area contributed by atoms with Crippen LogP contribution >= 0.6 is 11.8 Å². The van der Waals surface area contributed by atoms with Gasteiger partial charge in [0, 0.05) is 13.3 Å². The van der Waals surface area contributed by atoms with E-state index in [4.69, 9.17) is 14.2 Å². The van der Waals surface area contributed by atoms with E-state index in [2.05, 4.69) is 0 Å². The number of hydrogen-bond donors (Lipinski definition) is 0.